The number of anilines is 1. The van der Waals surface area contributed by atoms with Gasteiger partial charge in [-0.15, -0.1) is 0 Å². The third-order valence-electron chi connectivity index (χ3n) is 2.76. The van der Waals surface area contributed by atoms with Crippen molar-refractivity contribution in [1.82, 2.24) is 4.31 Å². The number of hydrogen-bond donors (Lipinski definition) is 1. The first-order valence-corrected chi connectivity index (χ1v) is 6.76. The zero-order valence-electron chi connectivity index (χ0n) is 10.4. The van der Waals surface area contributed by atoms with Gasteiger partial charge in [-0.2, -0.15) is 9.57 Å². The second-order valence-electron chi connectivity index (χ2n) is 4.01. The van der Waals surface area contributed by atoms with Gasteiger partial charge < -0.3 is 5.73 Å². The van der Waals surface area contributed by atoms with Gasteiger partial charge in [0.15, 0.2) is 5.82 Å². The van der Waals surface area contributed by atoms with Gasteiger partial charge in [0.05, 0.1) is 12.5 Å². The summed E-state index contributed by atoms with van der Waals surface area (Å²) in [6, 6.07) is 2.78. The van der Waals surface area contributed by atoms with E-state index >= 15 is 0 Å². The quantitative estimate of drug-likeness (QED) is 0.850. The molecule has 1 atom stereocenters. The van der Waals surface area contributed by atoms with Gasteiger partial charge in [-0.05, 0) is 19.1 Å². The van der Waals surface area contributed by atoms with E-state index in [-0.39, 0.29) is 6.42 Å². The first-order valence-electron chi connectivity index (χ1n) is 5.32. The number of halogens is 2. The van der Waals surface area contributed by atoms with Crippen molar-refractivity contribution in [2.24, 2.45) is 0 Å². The Bertz CT molecular complexity index is 626. The normalized spacial score (nSPS) is 13.3. The molecule has 5 nitrogen and oxygen atoms in total. The van der Waals surface area contributed by atoms with Crippen LogP contribution in [0, 0.1) is 23.0 Å². The Kier molecular flexibility index (Phi) is 4.44. The largest absolute Gasteiger partial charge is 0.394 e. The fourth-order valence-electron chi connectivity index (χ4n) is 1.40. The molecule has 8 heteroatoms. The number of nitrogens with two attached hydrogens (primary N) is 1. The highest BCUT2D eigenvalue weighted by Gasteiger charge is 2.29. The van der Waals surface area contributed by atoms with Crippen molar-refractivity contribution in [1.29, 1.82) is 5.26 Å². The smallest absolute Gasteiger partial charge is 0.246 e. The molecular formula is C11H13F2N3O2S. The number of rotatable bonds is 4. The topological polar surface area (TPSA) is 87.2 Å². The minimum absolute atomic E-state index is 0.0476. The molecule has 0 amide bonds. The van der Waals surface area contributed by atoms with Crippen LogP contribution in [-0.4, -0.2) is 25.8 Å². The van der Waals surface area contributed by atoms with Gasteiger partial charge in [-0.1, -0.05) is 0 Å². The third kappa shape index (κ3) is 2.83. The highest BCUT2D eigenvalue weighted by molar-refractivity contribution is 7.89. The summed E-state index contributed by atoms with van der Waals surface area (Å²) in [6.07, 6.45) is -0.0476. The number of benzene rings is 1. The van der Waals surface area contributed by atoms with E-state index in [9.17, 15) is 17.2 Å². The van der Waals surface area contributed by atoms with Gasteiger partial charge in [0.25, 0.3) is 0 Å². The molecule has 19 heavy (non-hydrogen) atoms. The summed E-state index contributed by atoms with van der Waals surface area (Å²) in [4.78, 5) is -0.710. The van der Waals surface area contributed by atoms with Crippen molar-refractivity contribution in [2.45, 2.75) is 24.3 Å². The van der Waals surface area contributed by atoms with E-state index < -0.39 is 38.3 Å². The fourth-order valence-corrected chi connectivity index (χ4v) is 2.84. The van der Waals surface area contributed by atoms with E-state index in [2.05, 4.69) is 0 Å². The van der Waals surface area contributed by atoms with Crippen LogP contribution in [0.1, 0.15) is 13.3 Å². The molecule has 0 spiro atoms. The Labute approximate surface area is 110 Å². The summed E-state index contributed by atoms with van der Waals surface area (Å²) in [5.41, 5.74) is 4.28. The van der Waals surface area contributed by atoms with E-state index in [1.54, 1.807) is 0 Å². The highest BCUT2D eigenvalue weighted by Crippen LogP contribution is 2.26. The number of sulfonamides is 1. The Morgan fingerprint density at radius 1 is 1.47 bits per heavy atom. The minimum atomic E-state index is -4.17. The Morgan fingerprint density at radius 3 is 2.58 bits per heavy atom. The summed E-state index contributed by atoms with van der Waals surface area (Å²) < 4.78 is 51.9. The number of nitrogen functional groups attached to an aromatic ring is 1. The second-order valence-corrected chi connectivity index (χ2v) is 5.97. The molecule has 1 unspecified atom stereocenters. The monoisotopic (exact) mass is 289 g/mol. The molecule has 1 rings (SSSR count). The van der Waals surface area contributed by atoms with Crippen LogP contribution >= 0.6 is 0 Å². The zero-order chi connectivity index (χ0) is 14.8. The maximum atomic E-state index is 13.7. The van der Waals surface area contributed by atoms with Crippen molar-refractivity contribution in [2.75, 3.05) is 12.8 Å². The molecule has 0 aliphatic heterocycles. The van der Waals surface area contributed by atoms with Crippen molar-refractivity contribution in [3.8, 4) is 6.07 Å². The van der Waals surface area contributed by atoms with Crippen LogP contribution in [-0.2, 0) is 10.0 Å². The average Bonchev–Trinajstić information content (AvgIpc) is 2.35. The van der Waals surface area contributed by atoms with Crippen LogP contribution in [0.25, 0.3) is 0 Å². The maximum absolute atomic E-state index is 13.7. The zero-order valence-corrected chi connectivity index (χ0v) is 11.2. The van der Waals surface area contributed by atoms with Crippen LogP contribution in [0.5, 0.6) is 0 Å². The van der Waals surface area contributed by atoms with Crippen molar-refractivity contribution < 1.29 is 17.2 Å². The summed E-state index contributed by atoms with van der Waals surface area (Å²) in [5, 5.41) is 8.54. The van der Waals surface area contributed by atoms with Crippen LogP contribution in [0.2, 0.25) is 0 Å². The number of nitriles is 1. The Hall–Kier alpha value is -1.72. The third-order valence-corrected chi connectivity index (χ3v) is 4.74. The van der Waals surface area contributed by atoms with Gasteiger partial charge in [-0.25, -0.2) is 17.2 Å². The van der Waals surface area contributed by atoms with Crippen LogP contribution < -0.4 is 5.73 Å². The molecule has 2 N–H and O–H groups in total. The predicted octanol–water partition coefficient (Wildman–Crippen LogP) is 1.47. The molecule has 0 heterocycles. The molecule has 104 valence electrons. The molecule has 1 aromatic rings. The Balaban J connectivity index is 3.29. The van der Waals surface area contributed by atoms with Gasteiger partial charge in [0, 0.05) is 13.1 Å². The summed E-state index contributed by atoms with van der Waals surface area (Å²) >= 11 is 0. The van der Waals surface area contributed by atoms with E-state index in [1.807, 2.05) is 6.07 Å². The summed E-state index contributed by atoms with van der Waals surface area (Å²) in [5.74, 6) is -2.35. The SMILES string of the molecule is CC(CC#N)N(C)S(=O)(=O)c1ccc(F)c(N)c1F. The van der Waals surface area contributed by atoms with Gasteiger partial charge in [-0.3, -0.25) is 0 Å². The van der Waals surface area contributed by atoms with Crippen LogP contribution in [0.15, 0.2) is 17.0 Å². The van der Waals surface area contributed by atoms with E-state index in [1.165, 1.54) is 14.0 Å². The molecule has 0 saturated heterocycles. The molecule has 0 saturated carbocycles. The van der Waals surface area contributed by atoms with Crippen molar-refractivity contribution >= 4 is 15.7 Å². The number of nitrogens with zero attached hydrogens (tertiary/aromatic N) is 2. The lowest BCUT2D eigenvalue weighted by atomic mass is 10.3. The minimum Gasteiger partial charge on any atom is -0.394 e. The molecular weight excluding hydrogens is 276 g/mol. The summed E-state index contributed by atoms with van der Waals surface area (Å²) in [6.45, 7) is 1.51. The molecule has 0 radical (unpaired) electrons. The predicted molar refractivity (Wildman–Crippen MR) is 65.4 cm³/mol. The van der Waals surface area contributed by atoms with E-state index in [4.69, 9.17) is 11.0 Å². The average molecular weight is 289 g/mol. The second kappa shape index (κ2) is 5.50. The lowest BCUT2D eigenvalue weighted by Gasteiger charge is -2.22. The van der Waals surface area contributed by atoms with Crippen LogP contribution in [0.4, 0.5) is 14.5 Å². The van der Waals surface area contributed by atoms with Crippen molar-refractivity contribution in [3.63, 3.8) is 0 Å². The molecule has 0 aromatic heterocycles. The van der Waals surface area contributed by atoms with Gasteiger partial charge in [0.1, 0.15) is 16.4 Å². The number of hydrogen-bond acceptors (Lipinski definition) is 4. The maximum Gasteiger partial charge on any atom is 0.246 e. The van der Waals surface area contributed by atoms with Gasteiger partial charge in [0.2, 0.25) is 10.0 Å². The molecule has 0 aliphatic rings. The molecule has 0 fully saturated rings. The molecule has 0 aliphatic carbocycles. The molecule has 1 aromatic carbocycles. The van der Waals surface area contributed by atoms with Crippen LogP contribution in [0.3, 0.4) is 0 Å². The first kappa shape index (κ1) is 15.3. The summed E-state index contributed by atoms with van der Waals surface area (Å²) in [7, 11) is -2.95. The van der Waals surface area contributed by atoms with E-state index in [0.717, 1.165) is 16.4 Å². The highest BCUT2D eigenvalue weighted by atomic mass is 32.2. The van der Waals surface area contributed by atoms with Crippen molar-refractivity contribution in [3.05, 3.63) is 23.8 Å². The fraction of sp³-hybridized carbons (Fsp3) is 0.364. The first-order chi connectivity index (χ1) is 8.73. The lowest BCUT2D eigenvalue weighted by molar-refractivity contribution is 0.390. The van der Waals surface area contributed by atoms with Gasteiger partial charge >= 0.3 is 0 Å². The standard InChI is InChI=1S/C11H13F2N3O2S/c1-7(5-6-14)16(2)19(17,18)9-4-3-8(12)11(15)10(9)13/h3-4,7H,5,15H2,1-2H3. The lowest BCUT2D eigenvalue weighted by Crippen LogP contribution is -2.35. The van der Waals surface area contributed by atoms with E-state index in [0.29, 0.717) is 0 Å². The Morgan fingerprint density at radius 2 is 2.05 bits per heavy atom. The molecule has 0 bridgehead atoms.